The number of halogens is 1. The van der Waals surface area contributed by atoms with Crippen LogP contribution in [0.1, 0.15) is 44.0 Å². The zero-order chi connectivity index (χ0) is 25.9. The molecule has 1 aliphatic rings. The van der Waals surface area contributed by atoms with E-state index < -0.39 is 30.2 Å². The molecule has 0 spiro atoms. The molecule has 0 bridgehead atoms. The molecule has 0 atom stereocenters. The SMILES string of the molecule is NC(=O)c1c(NC(=O)COC(=O)c2cn(-c3ccccc3)nc2-c2ccc(F)cc2)sc2c1CCCC2. The number of esters is 1. The second-order valence-corrected chi connectivity index (χ2v) is 9.69. The molecule has 0 saturated carbocycles. The Morgan fingerprint density at radius 3 is 2.51 bits per heavy atom. The lowest BCUT2D eigenvalue weighted by atomic mass is 9.95. The van der Waals surface area contributed by atoms with Crippen LogP contribution in [-0.4, -0.2) is 34.2 Å². The van der Waals surface area contributed by atoms with Gasteiger partial charge in [0, 0.05) is 16.6 Å². The van der Waals surface area contributed by atoms with Gasteiger partial charge in [-0.3, -0.25) is 9.59 Å². The first kappa shape index (κ1) is 24.4. The first-order valence-electron chi connectivity index (χ1n) is 11.7. The molecule has 37 heavy (non-hydrogen) atoms. The Labute approximate surface area is 215 Å². The highest BCUT2D eigenvalue weighted by Gasteiger charge is 2.26. The van der Waals surface area contributed by atoms with Crippen molar-refractivity contribution in [2.75, 3.05) is 11.9 Å². The van der Waals surface area contributed by atoms with Crippen molar-refractivity contribution in [1.82, 2.24) is 9.78 Å². The summed E-state index contributed by atoms with van der Waals surface area (Å²) in [5, 5.41) is 7.57. The Hall–Kier alpha value is -4.31. The first-order chi connectivity index (χ1) is 17.9. The van der Waals surface area contributed by atoms with Crippen molar-refractivity contribution in [2.24, 2.45) is 5.73 Å². The summed E-state index contributed by atoms with van der Waals surface area (Å²) >= 11 is 1.33. The van der Waals surface area contributed by atoms with Crippen LogP contribution in [0.4, 0.5) is 9.39 Å². The molecule has 0 saturated heterocycles. The van der Waals surface area contributed by atoms with Gasteiger partial charge in [-0.25, -0.2) is 13.9 Å². The highest BCUT2D eigenvalue weighted by atomic mass is 32.1. The van der Waals surface area contributed by atoms with Gasteiger partial charge in [0.2, 0.25) is 0 Å². The summed E-state index contributed by atoms with van der Waals surface area (Å²) < 4.78 is 20.3. The van der Waals surface area contributed by atoms with Gasteiger partial charge in [-0.05, 0) is 67.6 Å². The van der Waals surface area contributed by atoms with E-state index in [-0.39, 0.29) is 11.3 Å². The number of primary amides is 1. The zero-order valence-corrected chi connectivity index (χ0v) is 20.5. The quantitative estimate of drug-likeness (QED) is 0.349. The summed E-state index contributed by atoms with van der Waals surface area (Å²) in [7, 11) is 0. The number of aryl methyl sites for hydroxylation is 1. The maximum absolute atomic E-state index is 13.5. The predicted octanol–water partition coefficient (Wildman–Crippen LogP) is 4.51. The van der Waals surface area contributed by atoms with Crippen molar-refractivity contribution in [2.45, 2.75) is 25.7 Å². The Morgan fingerprint density at radius 1 is 1.05 bits per heavy atom. The van der Waals surface area contributed by atoms with Gasteiger partial charge < -0.3 is 15.8 Å². The number of ether oxygens (including phenoxy) is 1. The van der Waals surface area contributed by atoms with Crippen LogP contribution in [0.25, 0.3) is 16.9 Å². The number of hydrogen-bond acceptors (Lipinski definition) is 6. The summed E-state index contributed by atoms with van der Waals surface area (Å²) in [6.07, 6.45) is 5.06. The lowest BCUT2D eigenvalue weighted by molar-refractivity contribution is -0.119. The average Bonchev–Trinajstić information content (AvgIpc) is 3.50. The molecule has 4 aromatic rings. The normalized spacial score (nSPS) is 12.6. The van der Waals surface area contributed by atoms with E-state index in [1.807, 2.05) is 30.3 Å². The molecule has 1 aliphatic carbocycles. The number of rotatable bonds is 7. The van der Waals surface area contributed by atoms with Crippen molar-refractivity contribution < 1.29 is 23.5 Å². The fourth-order valence-corrected chi connectivity index (χ4v) is 5.65. The number of anilines is 1. The molecule has 0 aliphatic heterocycles. The maximum atomic E-state index is 13.5. The van der Waals surface area contributed by atoms with Gasteiger partial charge in [0.1, 0.15) is 22.1 Å². The number of aromatic nitrogens is 2. The average molecular weight is 519 g/mol. The number of nitrogens with two attached hydrogens (primary N) is 1. The van der Waals surface area contributed by atoms with Crippen LogP contribution in [0.5, 0.6) is 0 Å². The molecular formula is C27H23FN4O4S. The molecule has 0 fully saturated rings. The fourth-order valence-electron chi connectivity index (χ4n) is 4.34. The van der Waals surface area contributed by atoms with Gasteiger partial charge in [0.25, 0.3) is 11.8 Å². The Morgan fingerprint density at radius 2 is 1.78 bits per heavy atom. The molecule has 5 rings (SSSR count). The summed E-state index contributed by atoms with van der Waals surface area (Å²) in [5.74, 6) is -2.37. The van der Waals surface area contributed by atoms with Crippen LogP contribution in [0, 0.1) is 5.82 Å². The molecule has 10 heteroatoms. The van der Waals surface area contributed by atoms with E-state index >= 15 is 0 Å². The minimum atomic E-state index is -0.766. The van der Waals surface area contributed by atoms with Gasteiger partial charge in [-0.2, -0.15) is 5.10 Å². The number of benzene rings is 2. The number of fused-ring (bicyclic) bond motifs is 1. The predicted molar refractivity (Wildman–Crippen MR) is 137 cm³/mol. The van der Waals surface area contributed by atoms with Crippen molar-refractivity contribution in [3.05, 3.63) is 88.2 Å². The number of para-hydroxylation sites is 1. The van der Waals surface area contributed by atoms with E-state index in [1.54, 1.807) is 0 Å². The van der Waals surface area contributed by atoms with Crippen LogP contribution in [0.2, 0.25) is 0 Å². The van der Waals surface area contributed by atoms with Crippen LogP contribution in [0.3, 0.4) is 0 Å². The molecule has 188 valence electrons. The van der Waals surface area contributed by atoms with Gasteiger partial charge >= 0.3 is 5.97 Å². The molecular weight excluding hydrogens is 495 g/mol. The summed E-state index contributed by atoms with van der Waals surface area (Å²) in [5.41, 5.74) is 8.45. The number of carbonyl (C=O) groups excluding carboxylic acids is 3. The zero-order valence-electron chi connectivity index (χ0n) is 19.7. The number of nitrogens with one attached hydrogen (secondary N) is 1. The summed E-state index contributed by atoms with van der Waals surface area (Å²) in [6, 6.07) is 14.7. The topological polar surface area (TPSA) is 116 Å². The van der Waals surface area contributed by atoms with Gasteiger partial charge in [-0.15, -0.1) is 11.3 Å². The van der Waals surface area contributed by atoms with Crippen LogP contribution < -0.4 is 11.1 Å². The summed E-state index contributed by atoms with van der Waals surface area (Å²) in [6.45, 7) is -0.570. The van der Waals surface area contributed by atoms with E-state index in [2.05, 4.69) is 10.4 Å². The second kappa shape index (κ2) is 10.4. The fraction of sp³-hybridized carbons (Fsp3) is 0.185. The van der Waals surface area contributed by atoms with Crippen molar-refractivity contribution in [3.63, 3.8) is 0 Å². The molecule has 2 aromatic carbocycles. The lowest BCUT2D eigenvalue weighted by Crippen LogP contribution is -2.23. The number of hydrogen-bond donors (Lipinski definition) is 2. The third kappa shape index (κ3) is 5.14. The van der Waals surface area contributed by atoms with Gasteiger partial charge in [-0.1, -0.05) is 18.2 Å². The first-order valence-corrected chi connectivity index (χ1v) is 12.5. The third-order valence-corrected chi connectivity index (χ3v) is 7.28. The van der Waals surface area contributed by atoms with E-state index in [9.17, 15) is 18.8 Å². The van der Waals surface area contributed by atoms with E-state index in [1.165, 1.54) is 46.5 Å². The molecule has 2 heterocycles. The highest BCUT2D eigenvalue weighted by Crippen LogP contribution is 2.37. The van der Waals surface area contributed by atoms with Gasteiger partial charge in [0.05, 0.1) is 11.3 Å². The monoisotopic (exact) mass is 518 g/mol. The largest absolute Gasteiger partial charge is 0.452 e. The van der Waals surface area contributed by atoms with Crippen LogP contribution in [-0.2, 0) is 22.4 Å². The van der Waals surface area contributed by atoms with Crippen LogP contribution in [0.15, 0.2) is 60.8 Å². The number of amides is 2. The lowest BCUT2D eigenvalue weighted by Gasteiger charge is -2.11. The van der Waals surface area contributed by atoms with Crippen LogP contribution >= 0.6 is 11.3 Å². The molecule has 3 N–H and O–H groups in total. The van der Waals surface area contributed by atoms with E-state index in [0.717, 1.165) is 36.1 Å². The molecule has 2 aromatic heterocycles. The van der Waals surface area contributed by atoms with Crippen molar-refractivity contribution >= 4 is 34.1 Å². The van der Waals surface area contributed by atoms with Gasteiger partial charge in [0.15, 0.2) is 6.61 Å². The third-order valence-electron chi connectivity index (χ3n) is 6.08. The molecule has 8 nitrogen and oxygen atoms in total. The Bertz CT molecular complexity index is 1480. The minimum Gasteiger partial charge on any atom is -0.452 e. The molecule has 2 amide bonds. The summed E-state index contributed by atoms with van der Waals surface area (Å²) in [4.78, 5) is 38.8. The molecule has 0 unspecified atom stereocenters. The minimum absolute atomic E-state index is 0.118. The molecule has 0 radical (unpaired) electrons. The standard InChI is InChI=1S/C27H23FN4O4S/c28-17-12-10-16(11-13-17)24-20(14-32(31-24)18-6-2-1-3-7-18)27(35)36-15-22(33)30-26-23(25(29)34)19-8-4-5-9-21(19)37-26/h1-3,6-7,10-14H,4-5,8-9,15H2,(H2,29,34)(H,30,33). The van der Waals surface area contributed by atoms with E-state index in [0.29, 0.717) is 21.8 Å². The number of nitrogens with zero attached hydrogens (tertiary/aromatic N) is 2. The smallest absolute Gasteiger partial charge is 0.342 e. The number of carbonyl (C=O) groups is 3. The Kier molecular flexibility index (Phi) is 6.82. The maximum Gasteiger partial charge on any atom is 0.342 e. The second-order valence-electron chi connectivity index (χ2n) is 8.58. The number of thiophene rings is 1. The van der Waals surface area contributed by atoms with Crippen molar-refractivity contribution in [3.8, 4) is 16.9 Å². The van der Waals surface area contributed by atoms with Crippen molar-refractivity contribution in [1.29, 1.82) is 0 Å². The van der Waals surface area contributed by atoms with E-state index in [4.69, 9.17) is 10.5 Å². The highest BCUT2D eigenvalue weighted by molar-refractivity contribution is 7.17. The Balaban J connectivity index is 1.35.